The van der Waals surface area contributed by atoms with Gasteiger partial charge in [0.2, 0.25) is 0 Å². The Labute approximate surface area is 126 Å². The van der Waals surface area contributed by atoms with Crippen LogP contribution in [0, 0.1) is 5.82 Å². The first-order valence-corrected chi connectivity index (χ1v) is 6.72. The van der Waals surface area contributed by atoms with Crippen LogP contribution in [0.2, 0.25) is 0 Å². The second kappa shape index (κ2) is 6.13. The Morgan fingerprint density at radius 1 is 1.09 bits per heavy atom. The maximum atomic E-state index is 12.8. The van der Waals surface area contributed by atoms with Crippen LogP contribution in [0.1, 0.15) is 11.1 Å². The molecule has 5 heteroatoms. The first kappa shape index (κ1) is 13.9. The van der Waals surface area contributed by atoms with Crippen molar-refractivity contribution in [1.29, 1.82) is 0 Å². The van der Waals surface area contributed by atoms with Crippen LogP contribution in [0.15, 0.2) is 65.8 Å². The van der Waals surface area contributed by atoms with Crippen LogP contribution in [0.3, 0.4) is 0 Å². The normalized spacial score (nSPS) is 11.0. The summed E-state index contributed by atoms with van der Waals surface area (Å²) in [6.45, 7) is 0. The Hall–Kier alpha value is -3.08. The number of nitrogens with zero attached hydrogens (tertiary/aromatic N) is 2. The Morgan fingerprint density at radius 3 is 2.55 bits per heavy atom. The summed E-state index contributed by atoms with van der Waals surface area (Å²) in [5.41, 5.74) is 1.45. The predicted molar refractivity (Wildman–Crippen MR) is 81.7 cm³/mol. The fourth-order valence-corrected chi connectivity index (χ4v) is 1.99. The standard InChI is InChI=1S/C17H12FN3O/c18-15-6-4-13(5-7-15)2-3-14-8-11-21(16(22)12-14)17-19-9-1-10-20-17/h1-12H/p+1/b3-2+. The largest absolute Gasteiger partial charge is 0.403 e. The van der Waals surface area contributed by atoms with Crippen molar-refractivity contribution in [2.45, 2.75) is 0 Å². The maximum Gasteiger partial charge on any atom is 0.403 e. The molecule has 0 atom stereocenters. The van der Waals surface area contributed by atoms with Crippen molar-refractivity contribution in [1.82, 2.24) is 9.55 Å². The monoisotopic (exact) mass is 294 g/mol. The van der Waals surface area contributed by atoms with E-state index in [0.717, 1.165) is 11.1 Å². The lowest BCUT2D eigenvalue weighted by molar-refractivity contribution is -0.378. The summed E-state index contributed by atoms with van der Waals surface area (Å²) in [5, 5.41) is 0. The summed E-state index contributed by atoms with van der Waals surface area (Å²) in [4.78, 5) is 19.1. The van der Waals surface area contributed by atoms with Crippen LogP contribution in [-0.2, 0) is 0 Å². The van der Waals surface area contributed by atoms with Crippen LogP contribution >= 0.6 is 0 Å². The molecule has 0 saturated carbocycles. The van der Waals surface area contributed by atoms with E-state index in [-0.39, 0.29) is 11.4 Å². The molecule has 1 aromatic carbocycles. The minimum Gasteiger partial charge on any atom is -0.250 e. The molecule has 4 nitrogen and oxygen atoms in total. The van der Waals surface area contributed by atoms with Gasteiger partial charge in [0.1, 0.15) is 12.0 Å². The molecule has 2 heterocycles. The second-order valence-electron chi connectivity index (χ2n) is 4.66. The van der Waals surface area contributed by atoms with Gasteiger partial charge in [-0.3, -0.25) is 4.79 Å². The van der Waals surface area contributed by atoms with E-state index >= 15 is 0 Å². The number of aromatic nitrogens is 3. The fourth-order valence-electron chi connectivity index (χ4n) is 1.99. The van der Waals surface area contributed by atoms with Crippen molar-refractivity contribution in [2.24, 2.45) is 0 Å². The summed E-state index contributed by atoms with van der Waals surface area (Å²) >= 11 is 0. The summed E-state index contributed by atoms with van der Waals surface area (Å²) in [5.74, 6) is 0.188. The molecule has 1 N–H and O–H groups in total. The van der Waals surface area contributed by atoms with Gasteiger partial charge in [-0.05, 0) is 29.3 Å². The minimum absolute atomic E-state index is 0.184. The highest BCUT2D eigenvalue weighted by Gasteiger charge is 2.08. The molecule has 0 unspecified atom stereocenters. The van der Waals surface area contributed by atoms with E-state index in [1.807, 2.05) is 12.1 Å². The van der Waals surface area contributed by atoms with Gasteiger partial charge in [0, 0.05) is 12.1 Å². The number of rotatable bonds is 3. The quantitative estimate of drug-likeness (QED) is 0.744. The van der Waals surface area contributed by atoms with Crippen molar-refractivity contribution in [3.8, 4) is 5.95 Å². The summed E-state index contributed by atoms with van der Waals surface area (Å²) < 4.78 is 14.3. The number of nitrogens with one attached hydrogen (secondary N) is 1. The predicted octanol–water partition coefficient (Wildman–Crippen LogP) is 2.36. The second-order valence-corrected chi connectivity index (χ2v) is 4.66. The molecule has 0 spiro atoms. The SMILES string of the molecule is O=c1cc(/C=C/c2ccc(F)cc2)ccn1-c1nccc[nH+]1. The van der Waals surface area contributed by atoms with Crippen LogP contribution in [0.25, 0.3) is 18.1 Å². The number of H-pyrrole nitrogens is 1. The van der Waals surface area contributed by atoms with Crippen molar-refractivity contribution >= 4 is 12.2 Å². The molecule has 0 amide bonds. The van der Waals surface area contributed by atoms with Crippen LogP contribution in [-0.4, -0.2) is 9.55 Å². The minimum atomic E-state index is -0.272. The zero-order chi connectivity index (χ0) is 15.4. The summed E-state index contributed by atoms with van der Waals surface area (Å²) in [7, 11) is 0. The average Bonchev–Trinajstić information content (AvgIpc) is 2.55. The van der Waals surface area contributed by atoms with Gasteiger partial charge in [0.15, 0.2) is 0 Å². The molecular weight excluding hydrogens is 281 g/mol. The van der Waals surface area contributed by atoms with E-state index in [9.17, 15) is 9.18 Å². The molecule has 0 aliphatic rings. The van der Waals surface area contributed by atoms with Gasteiger partial charge < -0.3 is 0 Å². The topological polar surface area (TPSA) is 49.0 Å². The fraction of sp³-hybridized carbons (Fsp3) is 0. The smallest absolute Gasteiger partial charge is 0.250 e. The highest BCUT2D eigenvalue weighted by Crippen LogP contribution is 2.08. The highest BCUT2D eigenvalue weighted by molar-refractivity contribution is 5.69. The number of pyridine rings is 1. The third kappa shape index (κ3) is 3.15. The molecule has 108 valence electrons. The van der Waals surface area contributed by atoms with E-state index in [2.05, 4.69) is 9.97 Å². The molecule has 0 radical (unpaired) electrons. The van der Waals surface area contributed by atoms with Gasteiger partial charge in [-0.25, -0.2) is 9.37 Å². The third-order valence-corrected chi connectivity index (χ3v) is 3.10. The lowest BCUT2D eigenvalue weighted by atomic mass is 10.1. The van der Waals surface area contributed by atoms with Crippen molar-refractivity contribution in [3.63, 3.8) is 0 Å². The highest BCUT2D eigenvalue weighted by atomic mass is 19.1. The number of hydrogen-bond acceptors (Lipinski definition) is 2. The Balaban J connectivity index is 1.86. The van der Waals surface area contributed by atoms with E-state index in [1.165, 1.54) is 22.8 Å². The van der Waals surface area contributed by atoms with Crippen LogP contribution in [0.5, 0.6) is 0 Å². The van der Waals surface area contributed by atoms with Gasteiger partial charge >= 0.3 is 11.5 Å². The summed E-state index contributed by atoms with van der Waals surface area (Å²) in [6, 6.07) is 11.2. The van der Waals surface area contributed by atoms with Crippen molar-refractivity contribution in [3.05, 3.63) is 88.4 Å². The Bertz CT molecular complexity index is 855. The van der Waals surface area contributed by atoms with E-state index < -0.39 is 0 Å². The zero-order valence-electron chi connectivity index (χ0n) is 11.6. The summed E-state index contributed by atoms with van der Waals surface area (Å²) in [6.07, 6.45) is 8.61. The third-order valence-electron chi connectivity index (χ3n) is 3.10. The van der Waals surface area contributed by atoms with Gasteiger partial charge in [0.05, 0.1) is 12.4 Å². The Morgan fingerprint density at radius 2 is 1.86 bits per heavy atom. The lowest BCUT2D eigenvalue weighted by Crippen LogP contribution is -2.25. The molecule has 0 fully saturated rings. The van der Waals surface area contributed by atoms with E-state index in [0.29, 0.717) is 5.95 Å². The first-order valence-electron chi connectivity index (χ1n) is 6.72. The zero-order valence-corrected chi connectivity index (χ0v) is 11.6. The number of halogens is 1. The molecule has 0 bridgehead atoms. The van der Waals surface area contributed by atoms with Gasteiger partial charge in [0.25, 0.3) is 0 Å². The molecule has 2 aromatic heterocycles. The first-order chi connectivity index (χ1) is 10.7. The van der Waals surface area contributed by atoms with E-state index in [4.69, 9.17) is 0 Å². The van der Waals surface area contributed by atoms with Crippen LogP contribution < -0.4 is 10.5 Å². The lowest BCUT2D eigenvalue weighted by Gasteiger charge is -1.97. The van der Waals surface area contributed by atoms with Crippen molar-refractivity contribution < 1.29 is 9.37 Å². The van der Waals surface area contributed by atoms with Gasteiger partial charge in [-0.15, -0.1) is 0 Å². The number of aromatic amines is 1. The molecule has 3 aromatic rings. The molecule has 0 saturated heterocycles. The molecule has 0 aliphatic carbocycles. The molecule has 3 rings (SSSR count). The number of benzene rings is 1. The van der Waals surface area contributed by atoms with E-state index in [1.54, 1.807) is 42.9 Å². The van der Waals surface area contributed by atoms with Gasteiger partial charge in [-0.1, -0.05) is 29.3 Å². The van der Waals surface area contributed by atoms with Gasteiger partial charge in [-0.2, -0.15) is 4.57 Å². The Kier molecular flexibility index (Phi) is 3.87. The molecular formula is C17H13FN3O+. The molecule has 0 aliphatic heterocycles. The maximum absolute atomic E-state index is 12.8. The number of hydrogen-bond donors (Lipinski definition) is 0. The molecule has 22 heavy (non-hydrogen) atoms. The average molecular weight is 294 g/mol. The van der Waals surface area contributed by atoms with Crippen LogP contribution in [0.4, 0.5) is 4.39 Å². The van der Waals surface area contributed by atoms with Crippen molar-refractivity contribution in [2.75, 3.05) is 0 Å².